The molecular formula is C14H26N2O2S. The molecule has 2 rings (SSSR count). The fourth-order valence-electron chi connectivity index (χ4n) is 2.90. The third-order valence-electron chi connectivity index (χ3n) is 4.13. The Labute approximate surface area is 120 Å². The molecule has 110 valence electrons. The minimum absolute atomic E-state index is 0.330. The van der Waals surface area contributed by atoms with E-state index in [9.17, 15) is 4.79 Å². The lowest BCUT2D eigenvalue weighted by atomic mass is 10.0. The second kappa shape index (κ2) is 8.12. The van der Waals surface area contributed by atoms with Gasteiger partial charge in [0, 0.05) is 31.9 Å². The molecule has 0 radical (unpaired) electrons. The first kappa shape index (κ1) is 15.1. The first-order chi connectivity index (χ1) is 9.31. The van der Waals surface area contributed by atoms with Crippen LogP contribution in [0.2, 0.25) is 0 Å². The van der Waals surface area contributed by atoms with Crippen LogP contribution in [0.25, 0.3) is 0 Å². The Kier molecular flexibility index (Phi) is 6.47. The standard InChI is InChI=1S/C14H26N2O2S/c1-18-8-7-16(13-5-9-19-11-13)14(17)3-2-12-4-6-15-10-12/h12-13,15H,2-11H2,1H3. The number of rotatable bonds is 7. The SMILES string of the molecule is COCCN(C(=O)CCC1CCNC1)C1CCSC1. The summed E-state index contributed by atoms with van der Waals surface area (Å²) in [6.07, 6.45) is 4.11. The van der Waals surface area contributed by atoms with Gasteiger partial charge in [-0.05, 0) is 44.0 Å². The van der Waals surface area contributed by atoms with Gasteiger partial charge in [-0.1, -0.05) is 0 Å². The lowest BCUT2D eigenvalue weighted by Crippen LogP contribution is -2.42. The third-order valence-corrected chi connectivity index (χ3v) is 5.28. The molecule has 19 heavy (non-hydrogen) atoms. The number of thioether (sulfide) groups is 1. The van der Waals surface area contributed by atoms with Crippen LogP contribution in [-0.4, -0.2) is 61.7 Å². The van der Waals surface area contributed by atoms with E-state index in [0.29, 0.717) is 30.9 Å². The van der Waals surface area contributed by atoms with E-state index >= 15 is 0 Å². The predicted octanol–water partition coefficient (Wildman–Crippen LogP) is 1.36. The zero-order chi connectivity index (χ0) is 13.5. The van der Waals surface area contributed by atoms with Gasteiger partial charge in [0.05, 0.1) is 6.61 Å². The molecule has 0 aromatic carbocycles. The number of carbonyl (C=O) groups excluding carboxylic acids is 1. The number of carbonyl (C=O) groups is 1. The Morgan fingerprint density at radius 3 is 3.00 bits per heavy atom. The average Bonchev–Trinajstić information content (AvgIpc) is 3.10. The second-order valence-corrected chi connectivity index (χ2v) is 6.64. The van der Waals surface area contributed by atoms with Crippen LogP contribution >= 0.6 is 11.8 Å². The fourth-order valence-corrected chi connectivity index (χ4v) is 4.12. The molecule has 0 aromatic rings. The first-order valence-corrected chi connectivity index (χ1v) is 8.53. The normalized spacial score (nSPS) is 26.8. The topological polar surface area (TPSA) is 41.6 Å². The second-order valence-electron chi connectivity index (χ2n) is 5.49. The van der Waals surface area contributed by atoms with Crippen molar-refractivity contribution in [2.45, 2.75) is 31.7 Å². The molecule has 2 aliphatic rings. The van der Waals surface area contributed by atoms with Gasteiger partial charge in [-0.2, -0.15) is 11.8 Å². The van der Waals surface area contributed by atoms with Crippen molar-refractivity contribution in [3.63, 3.8) is 0 Å². The number of nitrogens with one attached hydrogen (secondary N) is 1. The Morgan fingerprint density at radius 2 is 2.37 bits per heavy atom. The van der Waals surface area contributed by atoms with Crippen LogP contribution in [0.1, 0.15) is 25.7 Å². The summed E-state index contributed by atoms with van der Waals surface area (Å²) in [4.78, 5) is 14.5. The molecule has 2 atom stereocenters. The predicted molar refractivity (Wildman–Crippen MR) is 79.5 cm³/mol. The Morgan fingerprint density at radius 1 is 1.47 bits per heavy atom. The molecule has 1 amide bonds. The molecule has 2 heterocycles. The minimum atomic E-state index is 0.330. The van der Waals surface area contributed by atoms with Crippen LogP contribution in [-0.2, 0) is 9.53 Å². The smallest absolute Gasteiger partial charge is 0.222 e. The molecule has 0 aromatic heterocycles. The van der Waals surface area contributed by atoms with Gasteiger partial charge >= 0.3 is 0 Å². The number of methoxy groups -OCH3 is 1. The van der Waals surface area contributed by atoms with Gasteiger partial charge in [0.25, 0.3) is 0 Å². The number of hydrogen-bond donors (Lipinski definition) is 1. The van der Waals surface area contributed by atoms with Crippen molar-refractivity contribution >= 4 is 17.7 Å². The Bertz CT molecular complexity index is 277. The fraction of sp³-hybridized carbons (Fsp3) is 0.929. The number of amides is 1. The van der Waals surface area contributed by atoms with E-state index in [-0.39, 0.29) is 0 Å². The molecule has 0 aliphatic carbocycles. The maximum absolute atomic E-state index is 12.4. The summed E-state index contributed by atoms with van der Waals surface area (Å²) in [6, 6.07) is 0.439. The average molecular weight is 286 g/mol. The summed E-state index contributed by atoms with van der Waals surface area (Å²) in [6.45, 7) is 3.61. The molecule has 0 saturated carbocycles. The van der Waals surface area contributed by atoms with Crippen LogP contribution < -0.4 is 5.32 Å². The van der Waals surface area contributed by atoms with Crippen molar-refractivity contribution in [1.29, 1.82) is 0 Å². The summed E-state index contributed by atoms with van der Waals surface area (Å²) in [7, 11) is 1.70. The van der Waals surface area contributed by atoms with Crippen LogP contribution in [0.15, 0.2) is 0 Å². The summed E-state index contributed by atoms with van der Waals surface area (Å²) in [5, 5.41) is 3.37. The molecule has 0 spiro atoms. The lowest BCUT2D eigenvalue weighted by Gasteiger charge is -2.28. The zero-order valence-electron chi connectivity index (χ0n) is 11.9. The number of nitrogens with zero attached hydrogens (tertiary/aromatic N) is 1. The molecular weight excluding hydrogens is 260 g/mol. The summed E-state index contributed by atoms with van der Waals surface area (Å²) < 4.78 is 5.15. The molecule has 2 aliphatic heterocycles. The van der Waals surface area contributed by atoms with Gasteiger partial charge in [0.2, 0.25) is 5.91 Å². The van der Waals surface area contributed by atoms with Crippen molar-refractivity contribution in [2.24, 2.45) is 5.92 Å². The molecule has 0 bridgehead atoms. The minimum Gasteiger partial charge on any atom is -0.383 e. The first-order valence-electron chi connectivity index (χ1n) is 7.38. The number of ether oxygens (including phenoxy) is 1. The molecule has 4 nitrogen and oxygen atoms in total. The van der Waals surface area contributed by atoms with Crippen molar-refractivity contribution in [2.75, 3.05) is 44.9 Å². The van der Waals surface area contributed by atoms with Crippen LogP contribution in [0.3, 0.4) is 0 Å². The van der Waals surface area contributed by atoms with Crippen LogP contribution in [0.4, 0.5) is 0 Å². The van der Waals surface area contributed by atoms with E-state index in [1.165, 1.54) is 12.2 Å². The largest absolute Gasteiger partial charge is 0.383 e. The van der Waals surface area contributed by atoms with Gasteiger partial charge < -0.3 is 15.0 Å². The highest BCUT2D eigenvalue weighted by Gasteiger charge is 2.27. The van der Waals surface area contributed by atoms with Crippen molar-refractivity contribution in [3.05, 3.63) is 0 Å². The monoisotopic (exact) mass is 286 g/mol. The maximum atomic E-state index is 12.4. The van der Waals surface area contributed by atoms with Crippen molar-refractivity contribution in [1.82, 2.24) is 10.2 Å². The Balaban J connectivity index is 1.79. The maximum Gasteiger partial charge on any atom is 0.222 e. The van der Waals surface area contributed by atoms with Crippen LogP contribution in [0.5, 0.6) is 0 Å². The Hall–Kier alpha value is -0.260. The zero-order valence-corrected chi connectivity index (χ0v) is 12.7. The summed E-state index contributed by atoms with van der Waals surface area (Å²) in [5.74, 6) is 3.32. The highest BCUT2D eigenvalue weighted by atomic mass is 32.2. The third kappa shape index (κ3) is 4.65. The quantitative estimate of drug-likeness (QED) is 0.767. The van der Waals surface area contributed by atoms with E-state index in [2.05, 4.69) is 10.2 Å². The van der Waals surface area contributed by atoms with Gasteiger partial charge in [0.15, 0.2) is 0 Å². The highest BCUT2D eigenvalue weighted by molar-refractivity contribution is 7.99. The van der Waals surface area contributed by atoms with Gasteiger partial charge in [-0.15, -0.1) is 0 Å². The molecule has 2 unspecified atom stereocenters. The molecule has 2 fully saturated rings. The van der Waals surface area contributed by atoms with Crippen molar-refractivity contribution in [3.8, 4) is 0 Å². The molecule has 2 saturated heterocycles. The van der Waals surface area contributed by atoms with Crippen LogP contribution in [0, 0.1) is 5.92 Å². The lowest BCUT2D eigenvalue weighted by molar-refractivity contribution is -0.134. The van der Waals surface area contributed by atoms with E-state index < -0.39 is 0 Å². The summed E-state index contributed by atoms with van der Waals surface area (Å²) >= 11 is 1.96. The van der Waals surface area contributed by atoms with E-state index in [1.807, 2.05) is 11.8 Å². The van der Waals surface area contributed by atoms with E-state index in [0.717, 1.165) is 38.2 Å². The highest BCUT2D eigenvalue weighted by Crippen LogP contribution is 2.24. The van der Waals surface area contributed by atoms with Gasteiger partial charge in [-0.3, -0.25) is 4.79 Å². The van der Waals surface area contributed by atoms with Gasteiger partial charge in [-0.25, -0.2) is 0 Å². The van der Waals surface area contributed by atoms with Crippen molar-refractivity contribution < 1.29 is 9.53 Å². The van der Waals surface area contributed by atoms with E-state index in [4.69, 9.17) is 4.74 Å². The number of hydrogen-bond acceptors (Lipinski definition) is 4. The van der Waals surface area contributed by atoms with Gasteiger partial charge in [0.1, 0.15) is 0 Å². The summed E-state index contributed by atoms with van der Waals surface area (Å²) in [5.41, 5.74) is 0. The molecule has 1 N–H and O–H groups in total. The van der Waals surface area contributed by atoms with E-state index in [1.54, 1.807) is 7.11 Å². The molecule has 5 heteroatoms.